The minimum atomic E-state index is -2.27. The van der Waals surface area contributed by atoms with Crippen LogP contribution in [0.1, 0.15) is 5.56 Å². The van der Waals surface area contributed by atoms with Gasteiger partial charge in [0.05, 0.1) is 5.75 Å². The van der Waals surface area contributed by atoms with Crippen LogP contribution in [-0.2, 0) is 0 Å². The van der Waals surface area contributed by atoms with Gasteiger partial charge in [0.15, 0.2) is 0 Å². The molecule has 0 bridgehead atoms. The van der Waals surface area contributed by atoms with Crippen LogP contribution in [-0.4, -0.2) is 12.2 Å². The van der Waals surface area contributed by atoms with Crippen LogP contribution in [0, 0.1) is 6.92 Å². The van der Waals surface area contributed by atoms with E-state index in [0.717, 1.165) is 22.2 Å². The van der Waals surface area contributed by atoms with E-state index in [1.54, 1.807) is 18.2 Å². The van der Waals surface area contributed by atoms with Gasteiger partial charge < -0.3 is 5.73 Å². The average Bonchev–Trinajstić information content (AvgIpc) is 2.07. The van der Waals surface area contributed by atoms with E-state index < -0.39 is 6.43 Å². The summed E-state index contributed by atoms with van der Waals surface area (Å²) >= 11 is 1.14. The number of thioether (sulfide) groups is 1. The zero-order chi connectivity index (χ0) is 9.84. The molecule has 1 rings (SSSR count). The summed E-state index contributed by atoms with van der Waals surface area (Å²) in [7, 11) is 0. The van der Waals surface area contributed by atoms with E-state index in [-0.39, 0.29) is 5.75 Å². The molecule has 0 fully saturated rings. The number of benzene rings is 1. The van der Waals surface area contributed by atoms with Gasteiger partial charge >= 0.3 is 0 Å². The maximum absolute atomic E-state index is 11.9. The van der Waals surface area contributed by atoms with Crippen LogP contribution in [0.25, 0.3) is 0 Å². The Morgan fingerprint density at radius 1 is 1.46 bits per heavy atom. The largest absolute Gasteiger partial charge is 0.398 e. The van der Waals surface area contributed by atoms with Gasteiger partial charge in [-0.2, -0.15) is 0 Å². The standard InChI is InChI=1S/C9H11F2NS/c1-6-7(12)3-2-4-8(6)13-5-9(10)11/h2-4,9H,5,12H2,1H3. The van der Waals surface area contributed by atoms with E-state index in [0.29, 0.717) is 5.69 Å². The van der Waals surface area contributed by atoms with Crippen molar-refractivity contribution in [2.75, 3.05) is 11.5 Å². The summed E-state index contributed by atoms with van der Waals surface area (Å²) in [4.78, 5) is 0.834. The lowest BCUT2D eigenvalue weighted by Crippen LogP contribution is -1.96. The molecular weight excluding hydrogens is 192 g/mol. The first-order chi connectivity index (χ1) is 6.11. The van der Waals surface area contributed by atoms with E-state index in [4.69, 9.17) is 5.73 Å². The summed E-state index contributed by atoms with van der Waals surface area (Å²) in [6.45, 7) is 1.84. The van der Waals surface area contributed by atoms with Crippen molar-refractivity contribution in [2.45, 2.75) is 18.2 Å². The summed E-state index contributed by atoms with van der Waals surface area (Å²) in [5, 5.41) is 0. The van der Waals surface area contributed by atoms with Crippen LogP contribution in [0.2, 0.25) is 0 Å². The zero-order valence-corrected chi connectivity index (χ0v) is 8.07. The first-order valence-corrected chi connectivity index (χ1v) is 4.86. The van der Waals surface area contributed by atoms with E-state index in [9.17, 15) is 8.78 Å². The summed E-state index contributed by atoms with van der Waals surface area (Å²) in [6.07, 6.45) is -2.27. The molecule has 0 atom stereocenters. The second kappa shape index (κ2) is 4.46. The number of hydrogen-bond acceptors (Lipinski definition) is 2. The second-order valence-electron chi connectivity index (χ2n) is 2.67. The van der Waals surface area contributed by atoms with E-state index in [2.05, 4.69) is 0 Å². The lowest BCUT2D eigenvalue weighted by molar-refractivity contribution is 0.177. The molecular formula is C9H11F2NS. The molecule has 0 unspecified atom stereocenters. The molecule has 0 aliphatic heterocycles. The van der Waals surface area contributed by atoms with Gasteiger partial charge in [-0.05, 0) is 24.6 Å². The highest BCUT2D eigenvalue weighted by Crippen LogP contribution is 2.27. The van der Waals surface area contributed by atoms with E-state index in [1.807, 2.05) is 6.92 Å². The van der Waals surface area contributed by atoms with Crippen LogP contribution < -0.4 is 5.73 Å². The number of hydrogen-bond donors (Lipinski definition) is 1. The number of nitrogen functional groups attached to an aromatic ring is 1. The van der Waals surface area contributed by atoms with Gasteiger partial charge in [0.1, 0.15) is 0 Å². The molecule has 0 heterocycles. The highest BCUT2D eigenvalue weighted by Gasteiger charge is 2.06. The van der Waals surface area contributed by atoms with Crippen molar-refractivity contribution < 1.29 is 8.78 Å². The molecule has 0 saturated heterocycles. The Bertz CT molecular complexity index is 289. The van der Waals surface area contributed by atoms with Crippen LogP contribution in [0.3, 0.4) is 0 Å². The first kappa shape index (κ1) is 10.3. The molecule has 0 amide bonds. The van der Waals surface area contributed by atoms with E-state index in [1.165, 1.54) is 0 Å². The van der Waals surface area contributed by atoms with E-state index >= 15 is 0 Å². The lowest BCUT2D eigenvalue weighted by Gasteiger charge is -2.06. The first-order valence-electron chi connectivity index (χ1n) is 3.87. The van der Waals surface area contributed by atoms with Gasteiger partial charge in [0.25, 0.3) is 0 Å². The van der Waals surface area contributed by atoms with Crippen LogP contribution in [0.5, 0.6) is 0 Å². The minimum Gasteiger partial charge on any atom is -0.398 e. The Labute approximate surface area is 80.3 Å². The summed E-state index contributed by atoms with van der Waals surface area (Å²) < 4.78 is 23.8. The van der Waals surface area contributed by atoms with Crippen LogP contribution in [0.4, 0.5) is 14.5 Å². The predicted octanol–water partition coefficient (Wildman–Crippen LogP) is 2.93. The van der Waals surface area contributed by atoms with Crippen molar-refractivity contribution in [3.05, 3.63) is 23.8 Å². The fourth-order valence-corrected chi connectivity index (χ4v) is 1.76. The Kier molecular flexibility index (Phi) is 3.54. The van der Waals surface area contributed by atoms with Gasteiger partial charge in [0, 0.05) is 10.6 Å². The Hall–Kier alpha value is -0.770. The van der Waals surface area contributed by atoms with Crippen molar-refractivity contribution >= 4 is 17.4 Å². The Morgan fingerprint density at radius 2 is 2.15 bits per heavy atom. The van der Waals surface area contributed by atoms with Gasteiger partial charge in [-0.1, -0.05) is 6.07 Å². The number of halogens is 2. The minimum absolute atomic E-state index is 0.176. The SMILES string of the molecule is Cc1c(N)cccc1SCC(F)F. The maximum atomic E-state index is 11.9. The van der Waals surface area contributed by atoms with Crippen molar-refractivity contribution in [1.29, 1.82) is 0 Å². The van der Waals surface area contributed by atoms with Crippen molar-refractivity contribution in [2.24, 2.45) is 0 Å². The number of alkyl halides is 2. The molecule has 0 saturated carbocycles. The quantitative estimate of drug-likeness (QED) is 0.603. The van der Waals surface area contributed by atoms with Crippen molar-refractivity contribution in [3.63, 3.8) is 0 Å². The number of anilines is 1. The molecule has 13 heavy (non-hydrogen) atoms. The molecule has 0 aliphatic carbocycles. The average molecular weight is 203 g/mol. The summed E-state index contributed by atoms with van der Waals surface area (Å²) in [5.41, 5.74) is 7.16. The molecule has 2 N–H and O–H groups in total. The zero-order valence-electron chi connectivity index (χ0n) is 7.26. The molecule has 0 radical (unpaired) electrons. The summed E-state index contributed by atoms with van der Waals surface area (Å²) in [6, 6.07) is 5.34. The topological polar surface area (TPSA) is 26.0 Å². The van der Waals surface area contributed by atoms with Gasteiger partial charge in [-0.25, -0.2) is 8.78 Å². The normalized spacial score (nSPS) is 10.8. The molecule has 72 valence electrons. The third-order valence-corrected chi connectivity index (χ3v) is 2.86. The maximum Gasteiger partial charge on any atom is 0.247 e. The molecule has 1 aromatic carbocycles. The lowest BCUT2D eigenvalue weighted by atomic mass is 10.2. The number of rotatable bonds is 3. The Balaban J connectivity index is 2.71. The molecule has 1 nitrogen and oxygen atoms in total. The fraction of sp³-hybridized carbons (Fsp3) is 0.333. The molecule has 0 aromatic heterocycles. The van der Waals surface area contributed by atoms with Gasteiger partial charge in [0.2, 0.25) is 6.43 Å². The predicted molar refractivity (Wildman–Crippen MR) is 52.3 cm³/mol. The van der Waals surface area contributed by atoms with Crippen LogP contribution in [0.15, 0.2) is 23.1 Å². The highest BCUT2D eigenvalue weighted by molar-refractivity contribution is 7.99. The monoisotopic (exact) mass is 203 g/mol. The third-order valence-electron chi connectivity index (χ3n) is 1.69. The van der Waals surface area contributed by atoms with Crippen molar-refractivity contribution in [1.82, 2.24) is 0 Å². The highest BCUT2D eigenvalue weighted by atomic mass is 32.2. The molecule has 1 aromatic rings. The Morgan fingerprint density at radius 3 is 2.77 bits per heavy atom. The van der Waals surface area contributed by atoms with Gasteiger partial charge in [-0.3, -0.25) is 0 Å². The summed E-state index contributed by atoms with van der Waals surface area (Å²) in [5.74, 6) is -0.176. The fourth-order valence-electron chi connectivity index (χ4n) is 0.941. The molecule has 0 aliphatic rings. The third kappa shape index (κ3) is 2.88. The number of nitrogens with two attached hydrogens (primary N) is 1. The molecule has 4 heteroatoms. The smallest absolute Gasteiger partial charge is 0.247 e. The molecule has 0 spiro atoms. The second-order valence-corrected chi connectivity index (χ2v) is 3.73. The van der Waals surface area contributed by atoms with Crippen molar-refractivity contribution in [3.8, 4) is 0 Å². The van der Waals surface area contributed by atoms with Gasteiger partial charge in [-0.15, -0.1) is 11.8 Å². The van der Waals surface area contributed by atoms with Crippen LogP contribution >= 0.6 is 11.8 Å².